The predicted molar refractivity (Wildman–Crippen MR) is 72.4 cm³/mol. The molecule has 0 saturated heterocycles. The first-order valence-electron chi connectivity index (χ1n) is 6.27. The van der Waals surface area contributed by atoms with Gasteiger partial charge in [0.2, 0.25) is 0 Å². The van der Waals surface area contributed by atoms with Crippen LogP contribution in [0.2, 0.25) is 0 Å². The summed E-state index contributed by atoms with van der Waals surface area (Å²) in [5.41, 5.74) is 2.47. The summed E-state index contributed by atoms with van der Waals surface area (Å²) in [6.07, 6.45) is 3.68. The molecule has 0 heterocycles. The zero-order valence-electron chi connectivity index (χ0n) is 10.6. The van der Waals surface area contributed by atoms with Crippen molar-refractivity contribution in [2.24, 2.45) is 0 Å². The Labute approximate surface area is 108 Å². The third-order valence-electron chi connectivity index (χ3n) is 3.23. The van der Waals surface area contributed by atoms with E-state index >= 15 is 0 Å². The van der Waals surface area contributed by atoms with Crippen molar-refractivity contribution in [3.63, 3.8) is 0 Å². The number of hydrogen-bond donors (Lipinski definition) is 1. The van der Waals surface area contributed by atoms with Crippen LogP contribution in [0.5, 0.6) is 0 Å². The molecule has 1 fully saturated rings. The molecule has 2 rings (SSSR count). The van der Waals surface area contributed by atoms with Crippen molar-refractivity contribution < 1.29 is 5.11 Å². The number of anilines is 1. The molecular formula is C15H18N2O. The van der Waals surface area contributed by atoms with Crippen LogP contribution < -0.4 is 4.90 Å². The zero-order chi connectivity index (χ0) is 13.1. The topological polar surface area (TPSA) is 47.3 Å². The average Bonchev–Trinajstić information content (AvgIpc) is 3.19. The first kappa shape index (κ1) is 12.7. The van der Waals surface area contributed by atoms with Crippen LogP contribution in [0.25, 0.3) is 0 Å². The summed E-state index contributed by atoms with van der Waals surface area (Å²) < 4.78 is 0. The van der Waals surface area contributed by atoms with Crippen molar-refractivity contribution in [3.8, 4) is 6.07 Å². The molecule has 0 unspecified atom stereocenters. The van der Waals surface area contributed by atoms with E-state index < -0.39 is 6.10 Å². The smallest absolute Gasteiger partial charge is 0.0992 e. The summed E-state index contributed by atoms with van der Waals surface area (Å²) in [4.78, 5) is 2.23. The maximum atomic E-state index is 9.85. The summed E-state index contributed by atoms with van der Waals surface area (Å²) in [5.74, 6) is 0. The van der Waals surface area contributed by atoms with Crippen LogP contribution >= 0.6 is 0 Å². The number of benzene rings is 1. The standard InChI is InChI=1S/C15H18N2O/c1-3-8-17(13-5-6-13)15-9-12(10-16)4-7-14(15)11(2)18/h3-4,7,9,11,13,18H,1,5-6,8H2,2H3/t11-/m1/s1. The van der Waals surface area contributed by atoms with Gasteiger partial charge in [0, 0.05) is 23.8 Å². The minimum Gasteiger partial charge on any atom is -0.389 e. The Morgan fingerprint density at radius 1 is 1.61 bits per heavy atom. The highest BCUT2D eigenvalue weighted by atomic mass is 16.3. The molecule has 1 aromatic rings. The number of aliphatic hydroxyl groups excluding tert-OH is 1. The van der Waals surface area contributed by atoms with Crippen LogP contribution in [0.4, 0.5) is 5.69 Å². The third kappa shape index (κ3) is 2.55. The van der Waals surface area contributed by atoms with Gasteiger partial charge in [-0.1, -0.05) is 12.1 Å². The summed E-state index contributed by atoms with van der Waals surface area (Å²) >= 11 is 0. The van der Waals surface area contributed by atoms with Crippen molar-refractivity contribution in [3.05, 3.63) is 42.0 Å². The predicted octanol–water partition coefficient (Wildman–Crippen LogP) is 2.77. The van der Waals surface area contributed by atoms with E-state index in [2.05, 4.69) is 17.5 Å². The number of nitrogens with zero attached hydrogens (tertiary/aromatic N) is 2. The molecule has 94 valence electrons. The quantitative estimate of drug-likeness (QED) is 0.808. The Balaban J connectivity index is 2.44. The number of nitriles is 1. The van der Waals surface area contributed by atoms with E-state index in [-0.39, 0.29) is 0 Å². The molecule has 1 aliphatic carbocycles. The van der Waals surface area contributed by atoms with Gasteiger partial charge in [-0.25, -0.2) is 0 Å². The molecule has 1 atom stereocenters. The molecular weight excluding hydrogens is 224 g/mol. The van der Waals surface area contributed by atoms with Gasteiger partial charge in [0.15, 0.2) is 0 Å². The fourth-order valence-corrected chi connectivity index (χ4v) is 2.18. The van der Waals surface area contributed by atoms with E-state index in [1.807, 2.05) is 18.2 Å². The first-order chi connectivity index (χ1) is 8.67. The molecule has 1 saturated carbocycles. The minimum atomic E-state index is -0.529. The summed E-state index contributed by atoms with van der Waals surface area (Å²) in [6, 6.07) is 8.14. The number of hydrogen-bond acceptors (Lipinski definition) is 3. The van der Waals surface area contributed by atoms with E-state index in [0.29, 0.717) is 11.6 Å². The second-order valence-electron chi connectivity index (χ2n) is 4.73. The van der Waals surface area contributed by atoms with E-state index in [1.165, 1.54) is 12.8 Å². The number of rotatable bonds is 5. The van der Waals surface area contributed by atoms with E-state index in [1.54, 1.807) is 13.0 Å². The SMILES string of the molecule is C=CCN(c1cc(C#N)ccc1[C@@H](C)O)C1CC1. The van der Waals surface area contributed by atoms with Crippen LogP contribution in [-0.4, -0.2) is 17.7 Å². The second-order valence-corrected chi connectivity index (χ2v) is 4.73. The Morgan fingerprint density at radius 2 is 2.33 bits per heavy atom. The highest BCUT2D eigenvalue weighted by Gasteiger charge is 2.30. The van der Waals surface area contributed by atoms with Crippen molar-refractivity contribution in [1.29, 1.82) is 5.26 Å². The highest BCUT2D eigenvalue weighted by Crippen LogP contribution is 2.36. The lowest BCUT2D eigenvalue weighted by Gasteiger charge is -2.27. The normalized spacial score (nSPS) is 15.8. The lowest BCUT2D eigenvalue weighted by Crippen LogP contribution is -2.27. The molecule has 0 spiro atoms. The molecule has 0 aliphatic heterocycles. The monoisotopic (exact) mass is 242 g/mol. The van der Waals surface area contributed by atoms with Gasteiger partial charge in [0.05, 0.1) is 17.7 Å². The lowest BCUT2D eigenvalue weighted by atomic mass is 10.0. The Kier molecular flexibility index (Phi) is 3.69. The second kappa shape index (κ2) is 5.24. The molecule has 18 heavy (non-hydrogen) atoms. The van der Waals surface area contributed by atoms with Gasteiger partial charge >= 0.3 is 0 Å². The van der Waals surface area contributed by atoms with Crippen molar-refractivity contribution in [2.75, 3.05) is 11.4 Å². The maximum absolute atomic E-state index is 9.85. The molecule has 0 amide bonds. The van der Waals surface area contributed by atoms with E-state index in [0.717, 1.165) is 17.8 Å². The zero-order valence-corrected chi connectivity index (χ0v) is 10.6. The van der Waals surface area contributed by atoms with Crippen LogP contribution in [0.15, 0.2) is 30.9 Å². The molecule has 3 nitrogen and oxygen atoms in total. The molecule has 0 radical (unpaired) electrons. The molecule has 0 aromatic heterocycles. The van der Waals surface area contributed by atoms with Crippen molar-refractivity contribution in [2.45, 2.75) is 31.9 Å². The van der Waals surface area contributed by atoms with Gasteiger partial charge < -0.3 is 10.0 Å². The Morgan fingerprint density at radius 3 is 2.83 bits per heavy atom. The van der Waals surface area contributed by atoms with Crippen molar-refractivity contribution >= 4 is 5.69 Å². The first-order valence-corrected chi connectivity index (χ1v) is 6.27. The fourth-order valence-electron chi connectivity index (χ4n) is 2.18. The van der Waals surface area contributed by atoms with E-state index in [9.17, 15) is 5.11 Å². The van der Waals surface area contributed by atoms with Crippen LogP contribution in [0.1, 0.15) is 37.0 Å². The summed E-state index contributed by atoms with van der Waals surface area (Å²) in [7, 11) is 0. The van der Waals surface area contributed by atoms with Gasteiger partial charge in [0.25, 0.3) is 0 Å². The highest BCUT2D eigenvalue weighted by molar-refractivity contribution is 5.60. The maximum Gasteiger partial charge on any atom is 0.0992 e. The van der Waals surface area contributed by atoms with E-state index in [4.69, 9.17) is 5.26 Å². The molecule has 1 N–H and O–H groups in total. The Hall–Kier alpha value is -1.79. The number of aliphatic hydroxyl groups is 1. The largest absolute Gasteiger partial charge is 0.389 e. The molecule has 3 heteroatoms. The third-order valence-corrected chi connectivity index (χ3v) is 3.23. The van der Waals surface area contributed by atoms with Gasteiger partial charge in [-0.05, 0) is 31.9 Å². The fraction of sp³-hybridized carbons (Fsp3) is 0.400. The Bertz CT molecular complexity index is 484. The molecule has 1 aliphatic rings. The van der Waals surface area contributed by atoms with Gasteiger partial charge in [0.1, 0.15) is 0 Å². The summed E-state index contributed by atoms with van der Waals surface area (Å²) in [5, 5.41) is 18.9. The van der Waals surface area contributed by atoms with Crippen molar-refractivity contribution in [1.82, 2.24) is 0 Å². The molecule has 1 aromatic carbocycles. The lowest BCUT2D eigenvalue weighted by molar-refractivity contribution is 0.199. The molecule has 0 bridgehead atoms. The summed E-state index contributed by atoms with van der Waals surface area (Å²) in [6.45, 7) is 6.29. The van der Waals surface area contributed by atoms with Gasteiger partial charge in [-0.2, -0.15) is 5.26 Å². The average molecular weight is 242 g/mol. The van der Waals surface area contributed by atoms with Gasteiger partial charge in [-0.3, -0.25) is 0 Å². The van der Waals surface area contributed by atoms with Crippen LogP contribution in [-0.2, 0) is 0 Å². The van der Waals surface area contributed by atoms with Crippen LogP contribution in [0, 0.1) is 11.3 Å². The van der Waals surface area contributed by atoms with Crippen LogP contribution in [0.3, 0.4) is 0 Å². The minimum absolute atomic E-state index is 0.523. The van der Waals surface area contributed by atoms with Gasteiger partial charge in [-0.15, -0.1) is 6.58 Å².